The van der Waals surface area contributed by atoms with Crippen LogP contribution in [0.1, 0.15) is 25.7 Å². The Morgan fingerprint density at radius 2 is 2.29 bits per heavy atom. The van der Waals surface area contributed by atoms with Gasteiger partial charge in [0.25, 0.3) is 0 Å². The second-order valence-corrected chi connectivity index (χ2v) is 4.52. The van der Waals surface area contributed by atoms with Crippen molar-refractivity contribution in [2.45, 2.75) is 44.4 Å². The summed E-state index contributed by atoms with van der Waals surface area (Å²) in [5, 5.41) is 13.8. The fourth-order valence-electron chi connectivity index (χ4n) is 2.29. The number of nitrogens with zero attached hydrogens (tertiary/aromatic N) is 4. The third-order valence-electron chi connectivity index (χ3n) is 3.35. The van der Waals surface area contributed by atoms with Gasteiger partial charge >= 0.3 is 0 Å². The van der Waals surface area contributed by atoms with Crippen LogP contribution in [-0.4, -0.2) is 49.9 Å². The zero-order chi connectivity index (χ0) is 12.3. The number of aliphatic hydroxyl groups excluding tert-OH is 1. The summed E-state index contributed by atoms with van der Waals surface area (Å²) in [7, 11) is 1.75. The number of rotatable bonds is 3. The van der Waals surface area contributed by atoms with E-state index in [1.54, 1.807) is 11.9 Å². The molecule has 1 aliphatic rings. The average Bonchev–Trinajstić information content (AvgIpc) is 2.81. The number of carbonyl (C=O) groups excluding carboxylic acids is 1. The van der Waals surface area contributed by atoms with E-state index in [1.807, 2.05) is 0 Å². The molecule has 2 rings (SSSR count). The predicted octanol–water partition coefficient (Wildman–Crippen LogP) is 0.0400. The van der Waals surface area contributed by atoms with Gasteiger partial charge in [-0.2, -0.15) is 5.10 Å². The molecule has 1 fully saturated rings. The predicted molar refractivity (Wildman–Crippen MR) is 61.1 cm³/mol. The Hall–Kier alpha value is -1.43. The Balaban J connectivity index is 1.94. The zero-order valence-corrected chi connectivity index (χ0v) is 9.99. The van der Waals surface area contributed by atoms with Crippen LogP contribution in [0.15, 0.2) is 12.7 Å². The highest BCUT2D eigenvalue weighted by Crippen LogP contribution is 2.22. The largest absolute Gasteiger partial charge is 0.391 e. The number of hydrogen-bond donors (Lipinski definition) is 1. The number of aromatic nitrogens is 3. The van der Waals surface area contributed by atoms with Gasteiger partial charge in [0.1, 0.15) is 19.2 Å². The summed E-state index contributed by atoms with van der Waals surface area (Å²) in [5.74, 6) is -0.0403. The van der Waals surface area contributed by atoms with Crippen LogP contribution < -0.4 is 0 Å². The van der Waals surface area contributed by atoms with Gasteiger partial charge in [0.05, 0.1) is 12.1 Å². The van der Waals surface area contributed by atoms with Gasteiger partial charge in [0.15, 0.2) is 0 Å². The molecule has 0 aliphatic heterocycles. The number of aliphatic hydroxyl groups is 1. The van der Waals surface area contributed by atoms with E-state index < -0.39 is 6.10 Å². The van der Waals surface area contributed by atoms with Crippen molar-refractivity contribution in [3.63, 3.8) is 0 Å². The van der Waals surface area contributed by atoms with Gasteiger partial charge in [0, 0.05) is 7.05 Å². The molecule has 1 N–H and O–H groups in total. The molecule has 0 bridgehead atoms. The van der Waals surface area contributed by atoms with Crippen LogP contribution >= 0.6 is 0 Å². The normalized spacial score (nSPS) is 24.6. The fourth-order valence-corrected chi connectivity index (χ4v) is 2.29. The van der Waals surface area contributed by atoms with Crippen molar-refractivity contribution >= 4 is 5.91 Å². The van der Waals surface area contributed by atoms with Crippen LogP contribution in [0.2, 0.25) is 0 Å². The average molecular weight is 238 g/mol. The fraction of sp³-hybridized carbons (Fsp3) is 0.727. The lowest BCUT2D eigenvalue weighted by Gasteiger charge is -2.35. The first-order chi connectivity index (χ1) is 8.18. The van der Waals surface area contributed by atoms with E-state index in [1.165, 1.54) is 17.3 Å². The van der Waals surface area contributed by atoms with Crippen LogP contribution in [0.3, 0.4) is 0 Å². The van der Waals surface area contributed by atoms with E-state index in [9.17, 15) is 9.90 Å². The van der Waals surface area contributed by atoms with Crippen LogP contribution in [0, 0.1) is 0 Å². The molecule has 2 unspecified atom stereocenters. The van der Waals surface area contributed by atoms with E-state index in [0.29, 0.717) is 0 Å². The molecule has 1 aromatic heterocycles. The van der Waals surface area contributed by atoms with E-state index in [2.05, 4.69) is 10.1 Å². The SMILES string of the molecule is CN(C(=O)Cn1cncn1)C1CCCCC1O. The van der Waals surface area contributed by atoms with E-state index in [0.717, 1.165) is 25.7 Å². The molecule has 6 nitrogen and oxygen atoms in total. The van der Waals surface area contributed by atoms with Crippen molar-refractivity contribution in [3.8, 4) is 0 Å². The number of hydrogen-bond acceptors (Lipinski definition) is 4. The maximum atomic E-state index is 12.0. The van der Waals surface area contributed by atoms with Crippen LogP contribution in [0.5, 0.6) is 0 Å². The van der Waals surface area contributed by atoms with Crippen molar-refractivity contribution in [1.82, 2.24) is 19.7 Å². The van der Waals surface area contributed by atoms with Gasteiger partial charge in [-0.25, -0.2) is 9.67 Å². The first-order valence-corrected chi connectivity index (χ1v) is 5.94. The van der Waals surface area contributed by atoms with Crippen molar-refractivity contribution in [2.75, 3.05) is 7.05 Å². The number of amides is 1. The summed E-state index contributed by atoms with van der Waals surface area (Å²) in [6, 6.07) is -0.0558. The second kappa shape index (κ2) is 5.27. The van der Waals surface area contributed by atoms with Gasteiger partial charge in [-0.15, -0.1) is 0 Å². The van der Waals surface area contributed by atoms with E-state index in [-0.39, 0.29) is 18.5 Å². The highest BCUT2D eigenvalue weighted by atomic mass is 16.3. The molecule has 0 radical (unpaired) electrons. The lowest BCUT2D eigenvalue weighted by molar-refractivity contribution is -0.136. The van der Waals surface area contributed by atoms with Crippen molar-refractivity contribution in [1.29, 1.82) is 0 Å². The minimum atomic E-state index is -0.395. The summed E-state index contributed by atoms with van der Waals surface area (Å²) < 4.78 is 1.49. The molecule has 1 aromatic rings. The maximum absolute atomic E-state index is 12.0. The minimum absolute atomic E-state index is 0.0403. The van der Waals surface area contributed by atoms with Crippen molar-refractivity contribution < 1.29 is 9.90 Å². The first-order valence-electron chi connectivity index (χ1n) is 5.94. The quantitative estimate of drug-likeness (QED) is 0.807. The molecule has 2 atom stereocenters. The molecular formula is C11H18N4O2. The monoisotopic (exact) mass is 238 g/mol. The Morgan fingerprint density at radius 1 is 1.53 bits per heavy atom. The molecule has 0 aromatic carbocycles. The summed E-state index contributed by atoms with van der Waals surface area (Å²) in [5.41, 5.74) is 0. The summed E-state index contributed by atoms with van der Waals surface area (Å²) in [4.78, 5) is 17.4. The third kappa shape index (κ3) is 2.82. The van der Waals surface area contributed by atoms with Gasteiger partial charge < -0.3 is 10.0 Å². The molecule has 1 amide bonds. The zero-order valence-electron chi connectivity index (χ0n) is 9.99. The lowest BCUT2D eigenvalue weighted by atomic mass is 9.91. The maximum Gasteiger partial charge on any atom is 0.244 e. The molecule has 1 aliphatic carbocycles. The van der Waals surface area contributed by atoms with E-state index in [4.69, 9.17) is 0 Å². The van der Waals surface area contributed by atoms with Gasteiger partial charge in [-0.1, -0.05) is 12.8 Å². The summed E-state index contributed by atoms with van der Waals surface area (Å²) >= 11 is 0. The highest BCUT2D eigenvalue weighted by molar-refractivity contribution is 5.76. The summed E-state index contributed by atoms with van der Waals surface area (Å²) in [6.45, 7) is 0.180. The lowest BCUT2D eigenvalue weighted by Crippen LogP contribution is -2.47. The van der Waals surface area contributed by atoms with Gasteiger partial charge in [-0.05, 0) is 12.8 Å². The van der Waals surface area contributed by atoms with Crippen LogP contribution in [-0.2, 0) is 11.3 Å². The first kappa shape index (κ1) is 12.0. The van der Waals surface area contributed by atoms with E-state index >= 15 is 0 Å². The molecule has 0 spiro atoms. The number of likely N-dealkylation sites (N-methyl/N-ethyl adjacent to an activating group) is 1. The molecule has 17 heavy (non-hydrogen) atoms. The Labute approximate surface area is 100 Å². The molecule has 0 saturated heterocycles. The second-order valence-electron chi connectivity index (χ2n) is 4.52. The molecule has 1 saturated carbocycles. The molecular weight excluding hydrogens is 220 g/mol. The summed E-state index contributed by atoms with van der Waals surface area (Å²) in [6.07, 6.45) is 6.30. The smallest absolute Gasteiger partial charge is 0.244 e. The topological polar surface area (TPSA) is 71.2 Å². The standard InChI is InChI=1S/C11H18N4O2/c1-14(9-4-2-3-5-10(9)16)11(17)6-15-8-12-7-13-15/h7-10,16H,2-6H2,1H3. The van der Waals surface area contributed by atoms with Crippen LogP contribution in [0.25, 0.3) is 0 Å². The Kier molecular flexibility index (Phi) is 3.73. The van der Waals surface area contributed by atoms with Crippen molar-refractivity contribution in [3.05, 3.63) is 12.7 Å². The van der Waals surface area contributed by atoms with Gasteiger partial charge in [0.2, 0.25) is 5.91 Å². The van der Waals surface area contributed by atoms with Crippen LogP contribution in [0.4, 0.5) is 0 Å². The minimum Gasteiger partial charge on any atom is -0.391 e. The van der Waals surface area contributed by atoms with Crippen molar-refractivity contribution in [2.24, 2.45) is 0 Å². The Morgan fingerprint density at radius 3 is 2.94 bits per heavy atom. The Bertz CT molecular complexity index is 366. The molecule has 1 heterocycles. The highest BCUT2D eigenvalue weighted by Gasteiger charge is 2.29. The third-order valence-corrected chi connectivity index (χ3v) is 3.35. The molecule has 94 valence electrons. The molecule has 6 heteroatoms. The number of carbonyl (C=O) groups is 1. The van der Waals surface area contributed by atoms with Gasteiger partial charge in [-0.3, -0.25) is 4.79 Å².